The molecule has 2 rings (SSSR count). The van der Waals surface area contributed by atoms with E-state index in [1.807, 2.05) is 6.20 Å². The molecule has 1 heterocycles. The van der Waals surface area contributed by atoms with Crippen LogP contribution in [0.2, 0.25) is 0 Å². The summed E-state index contributed by atoms with van der Waals surface area (Å²) in [5.41, 5.74) is 3.52. The van der Waals surface area contributed by atoms with Crippen molar-refractivity contribution in [1.82, 2.24) is 4.98 Å². The van der Waals surface area contributed by atoms with E-state index in [2.05, 4.69) is 37.0 Å². The molecule has 0 bridgehead atoms. The molecule has 1 radical (unpaired) electrons. The Bertz CT molecular complexity index is 385. The molecule has 0 fully saturated rings. The highest BCUT2D eigenvalue weighted by Crippen LogP contribution is 2.17. The third kappa shape index (κ3) is 0.929. The highest BCUT2D eigenvalue weighted by Gasteiger charge is 1.97. The van der Waals surface area contributed by atoms with Gasteiger partial charge in [-0.25, -0.2) is 0 Å². The second-order valence-corrected chi connectivity index (χ2v) is 2.86. The first kappa shape index (κ1) is 6.47. The summed E-state index contributed by atoms with van der Waals surface area (Å²) >= 11 is 0. The van der Waals surface area contributed by atoms with Gasteiger partial charge in [-0.3, -0.25) is 0 Å². The lowest BCUT2D eigenvalue weighted by Crippen LogP contribution is -1.71. The summed E-state index contributed by atoms with van der Waals surface area (Å²) in [5.74, 6) is 0. The molecule has 0 amide bonds. The number of nitrogens with one attached hydrogen (secondary N) is 1. The maximum absolute atomic E-state index is 3.91. The number of H-pyrrole nitrogens is 1. The molecule has 0 aliphatic rings. The molecule has 1 heteroatoms. The van der Waals surface area contributed by atoms with E-state index in [1.165, 1.54) is 16.5 Å². The molecule has 0 saturated heterocycles. The number of fused-ring (bicyclic) bond motifs is 1. The quantitative estimate of drug-likeness (QED) is 0.585. The van der Waals surface area contributed by atoms with Crippen molar-refractivity contribution >= 4 is 10.9 Å². The predicted molar refractivity (Wildman–Crippen MR) is 47.5 cm³/mol. The molecular formula is C10H10N. The van der Waals surface area contributed by atoms with Crippen molar-refractivity contribution in [2.24, 2.45) is 0 Å². The van der Waals surface area contributed by atoms with E-state index in [9.17, 15) is 0 Å². The maximum atomic E-state index is 3.91. The van der Waals surface area contributed by atoms with Gasteiger partial charge < -0.3 is 4.98 Å². The minimum atomic E-state index is 1.07. The van der Waals surface area contributed by atoms with E-state index in [0.29, 0.717) is 0 Å². The molecule has 0 aliphatic heterocycles. The predicted octanol–water partition coefficient (Wildman–Crippen LogP) is 2.66. The Hall–Kier alpha value is -1.24. The molecule has 2 aromatic rings. The smallest absolute Gasteiger partial charge is 0.0459 e. The zero-order valence-corrected chi connectivity index (χ0v) is 6.52. The zero-order chi connectivity index (χ0) is 7.84. The maximum Gasteiger partial charge on any atom is 0.0459 e. The average molecular weight is 144 g/mol. The number of aromatic nitrogens is 1. The number of hydrogen-bond donors (Lipinski definition) is 1. The summed E-state index contributed by atoms with van der Waals surface area (Å²) in [4.78, 5) is 3.17. The average Bonchev–Trinajstić information content (AvgIpc) is 2.32. The van der Waals surface area contributed by atoms with E-state index in [0.717, 1.165) is 5.56 Å². The Morgan fingerprint density at radius 2 is 2.18 bits per heavy atom. The van der Waals surface area contributed by atoms with Crippen LogP contribution in [0.5, 0.6) is 0 Å². The Labute approximate surface area is 66.1 Å². The summed E-state index contributed by atoms with van der Waals surface area (Å²) in [7, 11) is 0. The minimum absolute atomic E-state index is 1.07. The van der Waals surface area contributed by atoms with Crippen molar-refractivity contribution in [3.63, 3.8) is 0 Å². The SMILES string of the molecule is [CH2]c1c[nH]c2cc(C)ccc12. The van der Waals surface area contributed by atoms with E-state index in [-0.39, 0.29) is 0 Å². The number of aromatic amines is 1. The largest absolute Gasteiger partial charge is 0.361 e. The van der Waals surface area contributed by atoms with Crippen LogP contribution in [0.1, 0.15) is 11.1 Å². The summed E-state index contributed by atoms with van der Waals surface area (Å²) in [6.07, 6.45) is 1.93. The molecule has 1 N–H and O–H groups in total. The molecule has 0 aliphatic carbocycles. The number of rotatable bonds is 0. The van der Waals surface area contributed by atoms with Gasteiger partial charge in [0, 0.05) is 17.1 Å². The van der Waals surface area contributed by atoms with E-state index >= 15 is 0 Å². The molecule has 0 saturated carbocycles. The van der Waals surface area contributed by atoms with Crippen molar-refractivity contribution in [2.45, 2.75) is 6.92 Å². The summed E-state index contributed by atoms with van der Waals surface area (Å²) in [6, 6.07) is 6.33. The van der Waals surface area contributed by atoms with Crippen LogP contribution in [0.3, 0.4) is 0 Å². The fraction of sp³-hybridized carbons (Fsp3) is 0.100. The second-order valence-electron chi connectivity index (χ2n) is 2.86. The normalized spacial score (nSPS) is 10.7. The van der Waals surface area contributed by atoms with Crippen LogP contribution in [0.25, 0.3) is 10.9 Å². The van der Waals surface area contributed by atoms with Crippen LogP contribution < -0.4 is 0 Å². The fourth-order valence-electron chi connectivity index (χ4n) is 1.30. The van der Waals surface area contributed by atoms with Crippen LogP contribution in [0.15, 0.2) is 24.4 Å². The van der Waals surface area contributed by atoms with Crippen LogP contribution in [-0.2, 0) is 0 Å². The molecule has 1 aromatic heterocycles. The van der Waals surface area contributed by atoms with Crippen LogP contribution in [-0.4, -0.2) is 4.98 Å². The van der Waals surface area contributed by atoms with Crippen LogP contribution in [0.4, 0.5) is 0 Å². The van der Waals surface area contributed by atoms with Crippen molar-refractivity contribution < 1.29 is 0 Å². The van der Waals surface area contributed by atoms with Gasteiger partial charge in [0.2, 0.25) is 0 Å². The van der Waals surface area contributed by atoms with Crippen LogP contribution >= 0.6 is 0 Å². The first-order valence-corrected chi connectivity index (χ1v) is 3.67. The third-order valence-electron chi connectivity index (χ3n) is 1.92. The molecule has 0 unspecified atom stereocenters. The summed E-state index contributed by atoms with van der Waals surface area (Å²) in [6.45, 7) is 5.99. The molecule has 11 heavy (non-hydrogen) atoms. The van der Waals surface area contributed by atoms with Crippen molar-refractivity contribution in [2.75, 3.05) is 0 Å². The molecule has 1 aromatic carbocycles. The monoisotopic (exact) mass is 144 g/mol. The van der Waals surface area contributed by atoms with Gasteiger partial charge in [-0.05, 0) is 31.0 Å². The van der Waals surface area contributed by atoms with Gasteiger partial charge in [-0.15, -0.1) is 0 Å². The fourth-order valence-corrected chi connectivity index (χ4v) is 1.30. The molecule has 55 valence electrons. The van der Waals surface area contributed by atoms with Gasteiger partial charge >= 0.3 is 0 Å². The molecule has 0 atom stereocenters. The molecule has 0 spiro atoms. The zero-order valence-electron chi connectivity index (χ0n) is 6.52. The van der Waals surface area contributed by atoms with Crippen molar-refractivity contribution in [3.8, 4) is 0 Å². The van der Waals surface area contributed by atoms with Gasteiger partial charge in [0.25, 0.3) is 0 Å². The highest BCUT2D eigenvalue weighted by atomic mass is 14.7. The van der Waals surface area contributed by atoms with E-state index in [4.69, 9.17) is 0 Å². The van der Waals surface area contributed by atoms with E-state index < -0.39 is 0 Å². The first-order valence-electron chi connectivity index (χ1n) is 3.67. The first-order chi connectivity index (χ1) is 5.27. The van der Waals surface area contributed by atoms with Crippen LogP contribution in [0, 0.1) is 13.8 Å². The Morgan fingerprint density at radius 1 is 1.36 bits per heavy atom. The van der Waals surface area contributed by atoms with Gasteiger partial charge in [0.15, 0.2) is 0 Å². The van der Waals surface area contributed by atoms with Gasteiger partial charge in [-0.1, -0.05) is 12.1 Å². The number of aryl methyl sites for hydroxylation is 1. The van der Waals surface area contributed by atoms with Crippen molar-refractivity contribution in [3.05, 3.63) is 42.4 Å². The Kier molecular flexibility index (Phi) is 1.25. The number of benzene rings is 1. The lowest BCUT2D eigenvalue weighted by atomic mass is 10.1. The topological polar surface area (TPSA) is 15.8 Å². The van der Waals surface area contributed by atoms with E-state index in [1.54, 1.807) is 0 Å². The molecule has 1 nitrogen and oxygen atoms in total. The Morgan fingerprint density at radius 3 is 3.00 bits per heavy atom. The summed E-state index contributed by atoms with van der Waals surface area (Å²) < 4.78 is 0. The van der Waals surface area contributed by atoms with Gasteiger partial charge in [0.1, 0.15) is 0 Å². The lowest BCUT2D eigenvalue weighted by molar-refractivity contribution is 1.44. The third-order valence-corrected chi connectivity index (χ3v) is 1.92. The van der Waals surface area contributed by atoms with Crippen molar-refractivity contribution in [1.29, 1.82) is 0 Å². The molecular weight excluding hydrogens is 134 g/mol. The standard InChI is InChI=1S/C10H10N/c1-7-3-4-9-8(2)6-11-10(9)5-7/h3-6,11H,2H2,1H3. The lowest BCUT2D eigenvalue weighted by Gasteiger charge is -1.92. The minimum Gasteiger partial charge on any atom is -0.361 e. The second kappa shape index (κ2) is 2.12. The van der Waals surface area contributed by atoms with Gasteiger partial charge in [0.05, 0.1) is 0 Å². The highest BCUT2D eigenvalue weighted by molar-refractivity contribution is 5.84. The summed E-state index contributed by atoms with van der Waals surface area (Å²) in [5, 5.41) is 1.22. The number of hydrogen-bond acceptors (Lipinski definition) is 0. The van der Waals surface area contributed by atoms with Gasteiger partial charge in [-0.2, -0.15) is 0 Å². The Balaban J connectivity index is 2.86.